The minimum absolute atomic E-state index is 0.0475. The van der Waals surface area contributed by atoms with Crippen molar-refractivity contribution in [3.8, 4) is 33.6 Å². The first-order valence-electron chi connectivity index (χ1n) is 14.8. The maximum Gasteiger partial charge on any atom is 0.223 e. The van der Waals surface area contributed by atoms with E-state index in [0.717, 1.165) is 78.6 Å². The van der Waals surface area contributed by atoms with Crippen molar-refractivity contribution in [2.75, 3.05) is 13.1 Å². The van der Waals surface area contributed by atoms with Crippen molar-refractivity contribution in [3.05, 3.63) is 72.6 Å². The van der Waals surface area contributed by atoms with Crippen LogP contribution in [0.15, 0.2) is 60.9 Å². The number of aromatic amines is 2. The molecular weight excluding hydrogens is 496 g/mol. The first-order valence-corrected chi connectivity index (χ1v) is 14.8. The van der Waals surface area contributed by atoms with E-state index in [1.54, 1.807) is 0 Å². The minimum atomic E-state index is 0.0475. The summed E-state index contributed by atoms with van der Waals surface area (Å²) in [6, 6.07) is 17.2. The van der Waals surface area contributed by atoms with Crippen molar-refractivity contribution in [1.29, 1.82) is 0 Å². The van der Waals surface area contributed by atoms with Gasteiger partial charge in [-0.15, -0.1) is 0 Å². The summed E-state index contributed by atoms with van der Waals surface area (Å²) in [5.74, 6) is 2.44. The van der Waals surface area contributed by atoms with Gasteiger partial charge in [0.05, 0.1) is 36.4 Å². The molecule has 0 saturated carbocycles. The van der Waals surface area contributed by atoms with E-state index in [2.05, 4.69) is 94.6 Å². The number of amides is 1. The van der Waals surface area contributed by atoms with Crippen LogP contribution in [0.1, 0.15) is 78.0 Å². The van der Waals surface area contributed by atoms with E-state index in [4.69, 9.17) is 0 Å². The van der Waals surface area contributed by atoms with E-state index in [1.807, 2.05) is 31.1 Å². The number of hydrogen-bond acceptors (Lipinski definition) is 4. The number of nitrogens with one attached hydrogen (secondary N) is 3. The SMILES string of the molecule is CC.CCCNCc1ncc(-c2ccc(-c3ccc(-c4cnc(C5CCCN5C(=O)CC(C)C)[nH]4)cc3)cc2)[nH]1. The van der Waals surface area contributed by atoms with Gasteiger partial charge in [-0.25, -0.2) is 9.97 Å². The number of hydrogen-bond donors (Lipinski definition) is 3. The third kappa shape index (κ3) is 7.07. The summed E-state index contributed by atoms with van der Waals surface area (Å²) in [6.45, 7) is 12.9. The Morgan fingerprint density at radius 3 is 2.10 bits per heavy atom. The highest BCUT2D eigenvalue weighted by molar-refractivity contribution is 5.77. The summed E-state index contributed by atoms with van der Waals surface area (Å²) in [5, 5.41) is 3.38. The van der Waals surface area contributed by atoms with Crippen LogP contribution in [-0.2, 0) is 11.3 Å². The molecule has 5 rings (SSSR count). The predicted octanol–water partition coefficient (Wildman–Crippen LogP) is 7.37. The third-order valence-electron chi connectivity index (χ3n) is 7.14. The lowest BCUT2D eigenvalue weighted by atomic mass is 10.0. The van der Waals surface area contributed by atoms with Crippen molar-refractivity contribution in [2.24, 2.45) is 5.92 Å². The predicted molar refractivity (Wildman–Crippen MR) is 164 cm³/mol. The molecule has 0 bridgehead atoms. The Kier molecular flexibility index (Phi) is 10.3. The monoisotopic (exact) mass is 540 g/mol. The second-order valence-electron chi connectivity index (χ2n) is 10.6. The fourth-order valence-electron chi connectivity index (χ4n) is 5.14. The second kappa shape index (κ2) is 14.1. The molecule has 1 unspecified atom stereocenters. The minimum Gasteiger partial charge on any atom is -0.341 e. The topological polar surface area (TPSA) is 89.7 Å². The molecule has 3 N–H and O–H groups in total. The number of rotatable bonds is 10. The van der Waals surface area contributed by atoms with Crippen molar-refractivity contribution in [1.82, 2.24) is 30.2 Å². The molecule has 1 fully saturated rings. The second-order valence-corrected chi connectivity index (χ2v) is 10.6. The maximum absolute atomic E-state index is 12.7. The van der Waals surface area contributed by atoms with Crippen LogP contribution in [0.2, 0.25) is 0 Å². The van der Waals surface area contributed by atoms with Crippen LogP contribution >= 0.6 is 0 Å². The fraction of sp³-hybridized carbons (Fsp3) is 0.424. The van der Waals surface area contributed by atoms with Gasteiger partial charge in [-0.1, -0.05) is 83.1 Å². The average Bonchev–Trinajstić information content (AvgIpc) is 3.75. The molecule has 1 aliphatic rings. The highest BCUT2D eigenvalue weighted by Gasteiger charge is 2.32. The van der Waals surface area contributed by atoms with E-state index in [9.17, 15) is 4.79 Å². The molecule has 3 heterocycles. The van der Waals surface area contributed by atoms with Crippen molar-refractivity contribution < 1.29 is 4.79 Å². The van der Waals surface area contributed by atoms with Gasteiger partial charge in [0.2, 0.25) is 5.91 Å². The summed E-state index contributed by atoms with van der Waals surface area (Å²) in [6.07, 6.45) is 7.47. The molecule has 40 heavy (non-hydrogen) atoms. The molecule has 1 saturated heterocycles. The van der Waals surface area contributed by atoms with Crippen LogP contribution < -0.4 is 5.32 Å². The molecular formula is C33H44N6O. The molecule has 7 heteroatoms. The fourth-order valence-corrected chi connectivity index (χ4v) is 5.14. The average molecular weight is 541 g/mol. The summed E-state index contributed by atoms with van der Waals surface area (Å²) in [5.41, 5.74) is 6.55. The maximum atomic E-state index is 12.7. The number of carbonyl (C=O) groups excluding carboxylic acids is 1. The number of aromatic nitrogens is 4. The lowest BCUT2D eigenvalue weighted by Gasteiger charge is -2.24. The van der Waals surface area contributed by atoms with Crippen LogP contribution in [0.25, 0.3) is 33.6 Å². The Hall–Kier alpha value is -3.71. The summed E-state index contributed by atoms with van der Waals surface area (Å²) >= 11 is 0. The van der Waals surface area contributed by atoms with E-state index >= 15 is 0 Å². The van der Waals surface area contributed by atoms with Crippen LogP contribution in [0.5, 0.6) is 0 Å². The Bertz CT molecular complexity index is 1340. The molecule has 212 valence electrons. The zero-order chi connectivity index (χ0) is 28.5. The Balaban J connectivity index is 0.00000181. The Morgan fingerprint density at radius 2 is 1.50 bits per heavy atom. The number of H-pyrrole nitrogens is 2. The highest BCUT2D eigenvalue weighted by Crippen LogP contribution is 2.33. The standard InChI is InChI=1S/C31H38N6O.C2H6/c1-4-15-32-20-29-33-18-26(35-29)24-11-7-22(8-12-24)23-9-13-25(14-10-23)27-19-34-31(36-27)28-6-5-16-37(28)30(38)17-21(2)3;1-2/h7-14,18-19,21,28,32H,4-6,15-17,20H2,1-3H3,(H,33,35)(H,34,36);1-2H3. The molecule has 4 aromatic rings. The van der Waals surface area contributed by atoms with Gasteiger partial charge < -0.3 is 20.2 Å². The highest BCUT2D eigenvalue weighted by atomic mass is 16.2. The van der Waals surface area contributed by atoms with Gasteiger partial charge in [-0.3, -0.25) is 4.79 Å². The van der Waals surface area contributed by atoms with Gasteiger partial charge in [-0.05, 0) is 54.0 Å². The van der Waals surface area contributed by atoms with Crippen LogP contribution in [0.4, 0.5) is 0 Å². The molecule has 2 aromatic heterocycles. The number of benzene rings is 2. The van der Waals surface area contributed by atoms with Gasteiger partial charge >= 0.3 is 0 Å². The normalized spacial score (nSPS) is 14.8. The quantitative estimate of drug-likeness (QED) is 0.183. The van der Waals surface area contributed by atoms with Crippen LogP contribution in [0, 0.1) is 5.92 Å². The number of nitrogens with zero attached hydrogens (tertiary/aromatic N) is 3. The lowest BCUT2D eigenvalue weighted by molar-refractivity contribution is -0.133. The molecule has 2 aromatic carbocycles. The smallest absolute Gasteiger partial charge is 0.223 e. The van der Waals surface area contributed by atoms with Gasteiger partial charge in [0, 0.05) is 13.0 Å². The van der Waals surface area contributed by atoms with E-state index in [0.29, 0.717) is 12.3 Å². The number of likely N-dealkylation sites (tertiary alicyclic amines) is 1. The van der Waals surface area contributed by atoms with E-state index in [1.165, 1.54) is 5.56 Å². The molecule has 0 aliphatic carbocycles. The van der Waals surface area contributed by atoms with Gasteiger partial charge in [-0.2, -0.15) is 0 Å². The zero-order valence-electron chi connectivity index (χ0n) is 24.6. The summed E-state index contributed by atoms with van der Waals surface area (Å²) < 4.78 is 0. The molecule has 1 atom stereocenters. The molecule has 0 radical (unpaired) electrons. The van der Waals surface area contributed by atoms with Crippen molar-refractivity contribution in [2.45, 2.75) is 72.9 Å². The van der Waals surface area contributed by atoms with E-state index in [-0.39, 0.29) is 11.9 Å². The van der Waals surface area contributed by atoms with E-state index < -0.39 is 0 Å². The van der Waals surface area contributed by atoms with Crippen LogP contribution in [-0.4, -0.2) is 43.8 Å². The van der Waals surface area contributed by atoms with Gasteiger partial charge in [0.15, 0.2) is 0 Å². The molecule has 0 spiro atoms. The van der Waals surface area contributed by atoms with Crippen molar-refractivity contribution in [3.63, 3.8) is 0 Å². The Morgan fingerprint density at radius 1 is 0.925 bits per heavy atom. The number of imidazole rings is 2. The van der Waals surface area contributed by atoms with Gasteiger partial charge in [0.1, 0.15) is 11.6 Å². The summed E-state index contributed by atoms with van der Waals surface area (Å²) in [4.78, 5) is 30.8. The molecule has 1 aliphatic heterocycles. The number of carbonyl (C=O) groups is 1. The lowest BCUT2D eigenvalue weighted by Crippen LogP contribution is -2.31. The van der Waals surface area contributed by atoms with Crippen LogP contribution in [0.3, 0.4) is 0 Å². The third-order valence-corrected chi connectivity index (χ3v) is 7.14. The zero-order valence-corrected chi connectivity index (χ0v) is 24.6. The first-order chi connectivity index (χ1) is 19.5. The largest absolute Gasteiger partial charge is 0.341 e. The first kappa shape index (κ1) is 29.3. The molecule has 7 nitrogen and oxygen atoms in total. The summed E-state index contributed by atoms with van der Waals surface area (Å²) in [7, 11) is 0. The Labute approximate surface area is 238 Å². The van der Waals surface area contributed by atoms with Gasteiger partial charge in [0.25, 0.3) is 0 Å². The molecule has 1 amide bonds. The van der Waals surface area contributed by atoms with Crippen molar-refractivity contribution >= 4 is 5.91 Å².